The number of aromatic nitrogens is 1. The van der Waals surface area contributed by atoms with Gasteiger partial charge in [0.15, 0.2) is 11.5 Å². The van der Waals surface area contributed by atoms with Crippen molar-refractivity contribution in [2.75, 3.05) is 26.2 Å². The van der Waals surface area contributed by atoms with Crippen LogP contribution in [0.3, 0.4) is 0 Å². The van der Waals surface area contributed by atoms with Crippen LogP contribution in [0, 0.1) is 6.92 Å². The van der Waals surface area contributed by atoms with Crippen LogP contribution in [0.4, 0.5) is 0 Å². The number of aryl methyl sites for hydroxylation is 1. The van der Waals surface area contributed by atoms with E-state index in [0.29, 0.717) is 5.92 Å². The van der Waals surface area contributed by atoms with E-state index in [0.717, 1.165) is 61.8 Å². The standard InChI is InChI=1S/C22H26N2O2/c1-17-8-2-4-11-20(17)25-15-7-14-24-13-6-9-18(16-24)22-23-19-10-3-5-12-21(19)26-22/h2-5,8,10-12,18H,6-7,9,13-16H2,1H3. The lowest BCUT2D eigenvalue weighted by Gasteiger charge is -2.31. The lowest BCUT2D eigenvalue weighted by atomic mass is 9.98. The van der Waals surface area contributed by atoms with Crippen LogP contribution >= 0.6 is 0 Å². The molecule has 2 aromatic carbocycles. The number of hydrogen-bond acceptors (Lipinski definition) is 4. The quantitative estimate of drug-likeness (QED) is 0.600. The highest BCUT2D eigenvalue weighted by molar-refractivity contribution is 5.72. The summed E-state index contributed by atoms with van der Waals surface area (Å²) in [7, 11) is 0. The highest BCUT2D eigenvalue weighted by atomic mass is 16.5. The number of fused-ring (bicyclic) bond motifs is 1. The summed E-state index contributed by atoms with van der Waals surface area (Å²) in [6.07, 6.45) is 3.39. The molecule has 1 aliphatic rings. The van der Waals surface area contributed by atoms with Crippen LogP contribution in [-0.4, -0.2) is 36.1 Å². The molecule has 1 atom stereocenters. The van der Waals surface area contributed by atoms with Gasteiger partial charge in [0, 0.05) is 19.0 Å². The Balaban J connectivity index is 1.29. The Kier molecular flexibility index (Phi) is 5.21. The first kappa shape index (κ1) is 17.1. The zero-order chi connectivity index (χ0) is 17.8. The molecule has 0 saturated carbocycles. The Bertz CT molecular complexity index is 825. The highest BCUT2D eigenvalue weighted by Gasteiger charge is 2.25. The summed E-state index contributed by atoms with van der Waals surface area (Å²) in [6.45, 7) is 6.08. The van der Waals surface area contributed by atoms with Gasteiger partial charge in [0.1, 0.15) is 11.3 Å². The zero-order valence-electron chi connectivity index (χ0n) is 15.4. The molecule has 0 bridgehead atoms. The molecule has 136 valence electrons. The van der Waals surface area contributed by atoms with E-state index >= 15 is 0 Å². The Morgan fingerprint density at radius 3 is 2.88 bits per heavy atom. The maximum Gasteiger partial charge on any atom is 0.199 e. The molecule has 26 heavy (non-hydrogen) atoms. The third-order valence-corrected chi connectivity index (χ3v) is 5.14. The van der Waals surface area contributed by atoms with Crippen molar-refractivity contribution in [1.29, 1.82) is 0 Å². The Labute approximate surface area is 154 Å². The molecule has 4 rings (SSSR count). The molecule has 3 aromatic rings. The van der Waals surface area contributed by atoms with E-state index in [1.54, 1.807) is 0 Å². The van der Waals surface area contributed by atoms with Crippen molar-refractivity contribution in [3.05, 3.63) is 60.0 Å². The number of hydrogen-bond donors (Lipinski definition) is 0. The van der Waals surface area contributed by atoms with Gasteiger partial charge >= 0.3 is 0 Å². The summed E-state index contributed by atoms with van der Waals surface area (Å²) in [5.74, 6) is 2.29. The normalized spacial score (nSPS) is 18.3. The minimum absolute atomic E-state index is 0.397. The number of para-hydroxylation sites is 3. The monoisotopic (exact) mass is 350 g/mol. The largest absolute Gasteiger partial charge is 0.493 e. The van der Waals surface area contributed by atoms with Gasteiger partial charge < -0.3 is 14.1 Å². The molecule has 4 heteroatoms. The van der Waals surface area contributed by atoms with Gasteiger partial charge in [-0.2, -0.15) is 0 Å². The molecule has 1 unspecified atom stereocenters. The van der Waals surface area contributed by atoms with Gasteiger partial charge in [0.05, 0.1) is 6.61 Å². The van der Waals surface area contributed by atoms with Crippen molar-refractivity contribution in [3.8, 4) is 5.75 Å². The van der Waals surface area contributed by atoms with Crippen LogP contribution < -0.4 is 4.74 Å². The number of ether oxygens (including phenoxy) is 1. The van der Waals surface area contributed by atoms with Gasteiger partial charge in [-0.1, -0.05) is 30.3 Å². The van der Waals surface area contributed by atoms with Crippen molar-refractivity contribution >= 4 is 11.1 Å². The molecule has 2 heterocycles. The molecule has 4 nitrogen and oxygen atoms in total. The SMILES string of the molecule is Cc1ccccc1OCCCN1CCCC(c2nc3ccccc3o2)C1. The van der Waals surface area contributed by atoms with Crippen LogP contribution in [-0.2, 0) is 0 Å². The first-order chi connectivity index (χ1) is 12.8. The number of nitrogens with zero attached hydrogens (tertiary/aromatic N) is 2. The van der Waals surface area contributed by atoms with E-state index in [4.69, 9.17) is 14.1 Å². The molecule has 1 aromatic heterocycles. The van der Waals surface area contributed by atoms with Gasteiger partial charge in [0.25, 0.3) is 0 Å². The van der Waals surface area contributed by atoms with Crippen molar-refractivity contribution < 1.29 is 9.15 Å². The van der Waals surface area contributed by atoms with Crippen LogP contribution in [0.2, 0.25) is 0 Å². The molecule has 0 radical (unpaired) electrons. The molecule has 0 spiro atoms. The number of oxazole rings is 1. The van der Waals surface area contributed by atoms with E-state index < -0.39 is 0 Å². The van der Waals surface area contributed by atoms with Gasteiger partial charge in [-0.25, -0.2) is 4.98 Å². The van der Waals surface area contributed by atoms with Crippen LogP contribution in [0.25, 0.3) is 11.1 Å². The number of benzene rings is 2. The number of piperidine rings is 1. The van der Waals surface area contributed by atoms with E-state index in [-0.39, 0.29) is 0 Å². The lowest BCUT2D eigenvalue weighted by molar-refractivity contribution is 0.179. The van der Waals surface area contributed by atoms with Crippen molar-refractivity contribution in [2.24, 2.45) is 0 Å². The van der Waals surface area contributed by atoms with Crippen molar-refractivity contribution in [1.82, 2.24) is 9.88 Å². The smallest absolute Gasteiger partial charge is 0.199 e. The minimum Gasteiger partial charge on any atom is -0.493 e. The summed E-state index contributed by atoms with van der Waals surface area (Å²) >= 11 is 0. The molecular weight excluding hydrogens is 324 g/mol. The maximum absolute atomic E-state index is 5.99. The Morgan fingerprint density at radius 1 is 1.15 bits per heavy atom. The van der Waals surface area contributed by atoms with Crippen molar-refractivity contribution in [3.63, 3.8) is 0 Å². The van der Waals surface area contributed by atoms with Gasteiger partial charge in [0.2, 0.25) is 0 Å². The van der Waals surface area contributed by atoms with E-state index in [9.17, 15) is 0 Å². The fraction of sp³-hybridized carbons (Fsp3) is 0.409. The second kappa shape index (κ2) is 7.92. The zero-order valence-corrected chi connectivity index (χ0v) is 15.4. The minimum atomic E-state index is 0.397. The topological polar surface area (TPSA) is 38.5 Å². The molecule has 1 saturated heterocycles. The van der Waals surface area contributed by atoms with Gasteiger partial charge in [-0.15, -0.1) is 0 Å². The first-order valence-electron chi connectivity index (χ1n) is 9.56. The molecule has 0 aliphatic carbocycles. The summed E-state index contributed by atoms with van der Waals surface area (Å²) < 4.78 is 11.9. The van der Waals surface area contributed by atoms with E-state index in [1.807, 2.05) is 42.5 Å². The molecule has 0 amide bonds. The number of rotatable bonds is 6. The van der Waals surface area contributed by atoms with Gasteiger partial charge in [-0.3, -0.25) is 0 Å². The van der Waals surface area contributed by atoms with Crippen LogP contribution in [0.5, 0.6) is 5.75 Å². The number of likely N-dealkylation sites (tertiary alicyclic amines) is 1. The van der Waals surface area contributed by atoms with E-state index in [2.05, 4.69) is 17.9 Å². The average Bonchev–Trinajstić information content (AvgIpc) is 3.11. The Morgan fingerprint density at radius 2 is 2.00 bits per heavy atom. The van der Waals surface area contributed by atoms with Crippen LogP contribution in [0.1, 0.15) is 36.6 Å². The van der Waals surface area contributed by atoms with Crippen molar-refractivity contribution in [2.45, 2.75) is 32.1 Å². The highest BCUT2D eigenvalue weighted by Crippen LogP contribution is 2.29. The fourth-order valence-corrected chi connectivity index (χ4v) is 3.71. The second-order valence-electron chi connectivity index (χ2n) is 7.13. The maximum atomic E-state index is 5.99. The van der Waals surface area contributed by atoms with E-state index in [1.165, 1.54) is 12.0 Å². The third kappa shape index (κ3) is 3.91. The third-order valence-electron chi connectivity index (χ3n) is 5.14. The molecule has 0 N–H and O–H groups in total. The first-order valence-corrected chi connectivity index (χ1v) is 9.56. The average molecular weight is 350 g/mol. The van der Waals surface area contributed by atoms with Gasteiger partial charge in [-0.05, 0) is 56.5 Å². The molecule has 1 aliphatic heterocycles. The summed E-state index contributed by atoms with van der Waals surface area (Å²) in [5, 5.41) is 0. The summed E-state index contributed by atoms with van der Waals surface area (Å²) in [4.78, 5) is 7.22. The summed E-state index contributed by atoms with van der Waals surface area (Å²) in [5.41, 5.74) is 3.05. The molecule has 1 fully saturated rings. The Hall–Kier alpha value is -2.33. The summed E-state index contributed by atoms with van der Waals surface area (Å²) in [6, 6.07) is 16.2. The lowest BCUT2D eigenvalue weighted by Crippen LogP contribution is -2.35. The predicted octanol–water partition coefficient (Wildman–Crippen LogP) is 4.78. The van der Waals surface area contributed by atoms with Crippen LogP contribution in [0.15, 0.2) is 52.9 Å². The second-order valence-corrected chi connectivity index (χ2v) is 7.13. The molecular formula is C22H26N2O2. The predicted molar refractivity (Wildman–Crippen MR) is 104 cm³/mol. The fourth-order valence-electron chi connectivity index (χ4n) is 3.71.